The summed E-state index contributed by atoms with van der Waals surface area (Å²) < 4.78 is 0. The summed E-state index contributed by atoms with van der Waals surface area (Å²) in [6.45, 7) is 3.04. The number of carbonyl (C=O) groups is 2. The summed E-state index contributed by atoms with van der Waals surface area (Å²) in [6.07, 6.45) is 17.9. The molecule has 1 fully saturated rings. The third kappa shape index (κ3) is 9.20. The molecule has 2 aliphatic heterocycles. The lowest BCUT2D eigenvalue weighted by molar-refractivity contribution is -0.127. The van der Waals surface area contributed by atoms with Crippen molar-refractivity contribution in [2.24, 2.45) is 4.99 Å². The van der Waals surface area contributed by atoms with Crippen LogP contribution in [0.1, 0.15) is 102 Å². The number of likely N-dealkylation sites (N-methyl/N-ethyl adjacent to an activating group) is 1. The van der Waals surface area contributed by atoms with Gasteiger partial charge in [-0.15, -0.1) is 0 Å². The minimum Gasteiger partial charge on any atom is -0.336 e. The third-order valence-electron chi connectivity index (χ3n) is 7.39. The van der Waals surface area contributed by atoms with Gasteiger partial charge >= 0.3 is 6.03 Å². The molecule has 1 aromatic carbocycles. The molecule has 0 aromatic heterocycles. The monoisotopic (exact) mass is 548 g/mol. The first-order valence-electron chi connectivity index (χ1n) is 14.3. The lowest BCUT2D eigenvalue weighted by atomic mass is 10.0. The third-order valence-corrected chi connectivity index (χ3v) is 8.81. The number of imide groups is 1. The zero-order chi connectivity index (χ0) is 26.5. The van der Waals surface area contributed by atoms with Crippen LogP contribution in [0.25, 0.3) is 0 Å². The minimum atomic E-state index is -0.471. The van der Waals surface area contributed by atoms with Crippen molar-refractivity contribution in [3.8, 4) is 0 Å². The quantitative estimate of drug-likeness (QED) is 0.203. The van der Waals surface area contributed by atoms with Gasteiger partial charge in [0.15, 0.2) is 17.4 Å². The van der Waals surface area contributed by atoms with Crippen molar-refractivity contribution < 1.29 is 9.59 Å². The summed E-state index contributed by atoms with van der Waals surface area (Å²) in [5.74, 6) is 0.419. The van der Waals surface area contributed by atoms with Crippen LogP contribution in [0.2, 0.25) is 5.02 Å². The van der Waals surface area contributed by atoms with Gasteiger partial charge in [-0.25, -0.2) is 9.79 Å². The number of aliphatic imine (C=N–C) groups is 1. The number of hydrogen-bond donors (Lipinski definition) is 1. The Morgan fingerprint density at radius 3 is 2.05 bits per heavy atom. The molecule has 3 amide bonds. The topological polar surface area (TPSA) is 65.0 Å². The first kappa shape index (κ1) is 29.8. The fraction of sp³-hybridized carbons (Fsp3) is 0.690. The molecular weight excluding hydrogens is 504 g/mol. The van der Waals surface area contributed by atoms with E-state index in [-0.39, 0.29) is 11.9 Å². The van der Waals surface area contributed by atoms with E-state index in [4.69, 9.17) is 16.6 Å². The molecule has 2 unspecified atom stereocenters. The molecule has 6 nitrogen and oxygen atoms in total. The molecule has 2 atom stereocenters. The highest BCUT2D eigenvalue weighted by Gasteiger charge is 2.48. The predicted molar refractivity (Wildman–Crippen MR) is 156 cm³/mol. The van der Waals surface area contributed by atoms with E-state index < -0.39 is 12.2 Å². The molecule has 1 aromatic rings. The number of urea groups is 1. The molecule has 2 aliphatic rings. The lowest BCUT2D eigenvalue weighted by Gasteiger charge is -2.36. The average molecular weight is 549 g/mol. The van der Waals surface area contributed by atoms with Crippen molar-refractivity contribution in [2.75, 3.05) is 13.6 Å². The number of amidine groups is 1. The Labute approximate surface area is 233 Å². The second kappa shape index (κ2) is 16.3. The second-order valence-electron chi connectivity index (χ2n) is 10.3. The van der Waals surface area contributed by atoms with Crippen LogP contribution in [0.3, 0.4) is 0 Å². The Kier molecular flexibility index (Phi) is 13.1. The molecule has 0 aliphatic carbocycles. The van der Waals surface area contributed by atoms with Crippen molar-refractivity contribution in [3.63, 3.8) is 0 Å². The maximum absolute atomic E-state index is 12.8. The summed E-state index contributed by atoms with van der Waals surface area (Å²) in [7, 11) is 1.70. The summed E-state index contributed by atoms with van der Waals surface area (Å²) in [4.78, 5) is 33.4. The van der Waals surface area contributed by atoms with Crippen molar-refractivity contribution >= 4 is 40.5 Å². The zero-order valence-electron chi connectivity index (χ0n) is 22.7. The van der Waals surface area contributed by atoms with Crippen molar-refractivity contribution in [2.45, 2.75) is 115 Å². The second-order valence-corrected chi connectivity index (χ2v) is 11.7. The van der Waals surface area contributed by atoms with E-state index in [1.165, 1.54) is 81.9 Å². The van der Waals surface area contributed by atoms with Crippen LogP contribution in [0.4, 0.5) is 4.79 Å². The van der Waals surface area contributed by atoms with E-state index >= 15 is 0 Å². The first-order valence-corrected chi connectivity index (χ1v) is 15.7. The van der Waals surface area contributed by atoms with Gasteiger partial charge in [-0.05, 0) is 18.1 Å². The van der Waals surface area contributed by atoms with Gasteiger partial charge in [0.25, 0.3) is 5.91 Å². The van der Waals surface area contributed by atoms with Gasteiger partial charge in [0.1, 0.15) is 0 Å². The van der Waals surface area contributed by atoms with Gasteiger partial charge in [-0.2, -0.15) is 0 Å². The van der Waals surface area contributed by atoms with E-state index in [1.807, 2.05) is 24.3 Å². The highest BCUT2D eigenvalue weighted by atomic mass is 35.5. The maximum Gasteiger partial charge on any atom is 0.325 e. The summed E-state index contributed by atoms with van der Waals surface area (Å²) in [5.41, 5.74) is 1.04. The standard InChI is InChI=1S/C29H45ClN4O2S/c1-3-4-5-6-7-8-9-10-11-12-13-14-15-18-21-34-25-26(33(2)28(36)32-27(25)35)31-29(34)37-22-23-19-16-17-20-24(23)30/h16-17,19-20,25-26H,3-15,18,21-22H2,1-2H3,(H,32,35,36). The highest BCUT2D eigenvalue weighted by molar-refractivity contribution is 8.13. The summed E-state index contributed by atoms with van der Waals surface area (Å²) >= 11 is 7.94. The van der Waals surface area contributed by atoms with Gasteiger partial charge in [0.2, 0.25) is 0 Å². The number of rotatable bonds is 17. The Balaban J connectivity index is 1.38. The number of thioether (sulfide) groups is 1. The number of fused-ring (bicyclic) bond motifs is 1. The Bertz CT molecular complexity index is 896. The van der Waals surface area contributed by atoms with E-state index in [2.05, 4.69) is 17.1 Å². The van der Waals surface area contributed by atoms with Crippen LogP contribution in [-0.4, -0.2) is 52.7 Å². The summed E-state index contributed by atoms with van der Waals surface area (Å²) in [5, 5.41) is 4.04. The fourth-order valence-corrected chi connectivity index (χ4v) is 6.46. The van der Waals surface area contributed by atoms with Crippen molar-refractivity contribution in [3.05, 3.63) is 34.9 Å². The number of carbonyl (C=O) groups excluding carboxylic acids is 2. The van der Waals surface area contributed by atoms with Crippen LogP contribution in [0.15, 0.2) is 29.3 Å². The molecular formula is C29H45ClN4O2S. The van der Waals surface area contributed by atoms with E-state index in [1.54, 1.807) is 18.8 Å². The van der Waals surface area contributed by atoms with Crippen LogP contribution in [0, 0.1) is 0 Å². The smallest absolute Gasteiger partial charge is 0.325 e. The number of unbranched alkanes of at least 4 members (excludes halogenated alkanes) is 13. The van der Waals surface area contributed by atoms with Crippen molar-refractivity contribution in [1.82, 2.24) is 15.1 Å². The molecule has 0 radical (unpaired) electrons. The van der Waals surface area contributed by atoms with E-state index in [0.29, 0.717) is 5.75 Å². The first-order chi connectivity index (χ1) is 18.0. The highest BCUT2D eigenvalue weighted by Crippen LogP contribution is 2.31. The molecule has 1 saturated heterocycles. The molecule has 0 bridgehead atoms. The Hall–Kier alpha value is -1.73. The molecule has 37 heavy (non-hydrogen) atoms. The molecule has 8 heteroatoms. The minimum absolute atomic E-state index is 0.254. The van der Waals surface area contributed by atoms with Crippen LogP contribution in [-0.2, 0) is 10.5 Å². The SMILES string of the molecule is CCCCCCCCCCCCCCCCN1C(SCc2ccccc2Cl)=NC2C1C(=O)NC(=O)N2C. The van der Waals surface area contributed by atoms with Crippen LogP contribution in [0.5, 0.6) is 0 Å². The molecule has 2 heterocycles. The fourth-order valence-electron chi connectivity index (χ4n) is 5.09. The van der Waals surface area contributed by atoms with Crippen molar-refractivity contribution in [1.29, 1.82) is 0 Å². The number of halogens is 1. The number of amides is 3. The van der Waals surface area contributed by atoms with Gasteiger partial charge < -0.3 is 9.80 Å². The van der Waals surface area contributed by atoms with Gasteiger partial charge in [-0.3, -0.25) is 10.1 Å². The van der Waals surface area contributed by atoms with Crippen LogP contribution < -0.4 is 5.32 Å². The average Bonchev–Trinajstić information content (AvgIpc) is 3.26. The molecule has 0 spiro atoms. The van der Waals surface area contributed by atoms with Crippen LogP contribution >= 0.6 is 23.4 Å². The number of hydrogen-bond acceptors (Lipinski definition) is 5. The largest absolute Gasteiger partial charge is 0.336 e. The Morgan fingerprint density at radius 1 is 0.892 bits per heavy atom. The van der Waals surface area contributed by atoms with E-state index in [0.717, 1.165) is 35.1 Å². The van der Waals surface area contributed by atoms with E-state index in [9.17, 15) is 9.59 Å². The summed E-state index contributed by atoms with van der Waals surface area (Å²) in [6, 6.07) is 6.95. The zero-order valence-corrected chi connectivity index (χ0v) is 24.3. The molecule has 1 N–H and O–H groups in total. The maximum atomic E-state index is 12.8. The Morgan fingerprint density at radius 2 is 1.46 bits per heavy atom. The number of nitrogens with one attached hydrogen (secondary N) is 1. The molecule has 0 saturated carbocycles. The predicted octanol–water partition coefficient (Wildman–Crippen LogP) is 7.60. The number of nitrogens with zero attached hydrogens (tertiary/aromatic N) is 3. The molecule has 3 rings (SSSR count). The number of benzene rings is 1. The van der Waals surface area contributed by atoms with Gasteiger partial charge in [0.05, 0.1) is 0 Å². The molecule has 206 valence electrons. The lowest BCUT2D eigenvalue weighted by Crippen LogP contribution is -2.63. The van der Waals surface area contributed by atoms with Gasteiger partial charge in [0, 0.05) is 24.4 Å². The van der Waals surface area contributed by atoms with Gasteiger partial charge in [-0.1, -0.05) is 132 Å². The normalized spacial score (nSPS) is 19.3.